The van der Waals surface area contributed by atoms with Gasteiger partial charge in [0.15, 0.2) is 0 Å². The highest BCUT2D eigenvalue weighted by Crippen LogP contribution is 2.22. The molecule has 0 atom stereocenters. The fraction of sp³-hybridized carbons (Fsp3) is 0.143. The van der Waals surface area contributed by atoms with Crippen LogP contribution in [0.4, 0.5) is 5.69 Å². The number of nitrogens with zero attached hydrogens (tertiary/aromatic N) is 2. The normalized spacial score (nSPS) is 11.0. The summed E-state index contributed by atoms with van der Waals surface area (Å²) in [6.07, 6.45) is 0. The average Bonchev–Trinajstić information content (AvgIpc) is 2.41. The number of pyridine rings is 1. The number of hydrogen-bond acceptors (Lipinski definition) is 4. The number of sulfonamides is 1. The molecule has 0 radical (unpaired) electrons. The van der Waals surface area contributed by atoms with Crippen molar-refractivity contribution in [3.05, 3.63) is 52.3 Å². The minimum atomic E-state index is -3.75. The molecule has 0 amide bonds. The molecule has 0 unspecified atom stereocenters. The van der Waals surface area contributed by atoms with E-state index in [1.54, 1.807) is 19.9 Å². The lowest BCUT2D eigenvalue weighted by Gasteiger charge is -2.12. The molecule has 0 saturated heterocycles. The van der Waals surface area contributed by atoms with Crippen molar-refractivity contribution in [3.63, 3.8) is 0 Å². The lowest BCUT2D eigenvalue weighted by molar-refractivity contribution is 0.600. The van der Waals surface area contributed by atoms with Crippen LogP contribution in [0.3, 0.4) is 0 Å². The Hall–Kier alpha value is -2.10. The largest absolute Gasteiger partial charge is 0.278 e. The maximum Gasteiger partial charge on any atom is 0.262 e. The summed E-state index contributed by atoms with van der Waals surface area (Å²) in [6, 6.07) is 9.45. The predicted molar refractivity (Wildman–Crippen MR) is 80.7 cm³/mol. The van der Waals surface area contributed by atoms with Crippen LogP contribution in [0.5, 0.6) is 0 Å². The number of aryl methyl sites for hydroxylation is 2. The van der Waals surface area contributed by atoms with Crippen LogP contribution in [0.1, 0.15) is 16.8 Å². The molecule has 1 heterocycles. The molecule has 0 aliphatic rings. The predicted octanol–water partition coefficient (Wildman–Crippen LogP) is 3.02. The van der Waals surface area contributed by atoms with Gasteiger partial charge in [0.1, 0.15) is 5.15 Å². The van der Waals surface area contributed by atoms with Gasteiger partial charge in [-0.2, -0.15) is 5.26 Å². The topological polar surface area (TPSA) is 82.8 Å². The van der Waals surface area contributed by atoms with Crippen LogP contribution in [-0.2, 0) is 10.0 Å². The van der Waals surface area contributed by atoms with Gasteiger partial charge in [0.25, 0.3) is 10.0 Å². The van der Waals surface area contributed by atoms with Crippen molar-refractivity contribution in [1.29, 1.82) is 5.26 Å². The first-order valence-corrected chi connectivity index (χ1v) is 7.86. The van der Waals surface area contributed by atoms with E-state index < -0.39 is 10.0 Å². The van der Waals surface area contributed by atoms with Gasteiger partial charge < -0.3 is 0 Å². The quantitative estimate of drug-likeness (QED) is 0.881. The minimum absolute atomic E-state index is 0.121. The van der Waals surface area contributed by atoms with Gasteiger partial charge in [-0.15, -0.1) is 0 Å². The Morgan fingerprint density at radius 3 is 2.52 bits per heavy atom. The Bertz CT molecular complexity index is 842. The minimum Gasteiger partial charge on any atom is -0.278 e. The van der Waals surface area contributed by atoms with Crippen LogP contribution in [-0.4, -0.2) is 13.4 Å². The highest BCUT2D eigenvalue weighted by Gasteiger charge is 2.18. The summed E-state index contributed by atoms with van der Waals surface area (Å²) < 4.78 is 27.3. The fourth-order valence-electron chi connectivity index (χ4n) is 1.86. The number of benzene rings is 1. The molecule has 2 aromatic rings. The third kappa shape index (κ3) is 3.32. The second-order valence-corrected chi connectivity index (χ2v) is 6.50. The number of halogens is 1. The van der Waals surface area contributed by atoms with Crippen molar-refractivity contribution in [2.75, 3.05) is 4.72 Å². The van der Waals surface area contributed by atoms with Crippen LogP contribution >= 0.6 is 11.6 Å². The smallest absolute Gasteiger partial charge is 0.262 e. The summed E-state index contributed by atoms with van der Waals surface area (Å²) in [5.74, 6) is 0. The molecule has 5 nitrogen and oxygen atoms in total. The van der Waals surface area contributed by atoms with Gasteiger partial charge in [0.2, 0.25) is 0 Å². The second kappa shape index (κ2) is 5.72. The van der Waals surface area contributed by atoms with Gasteiger partial charge in [-0.25, -0.2) is 13.4 Å². The number of rotatable bonds is 3. The van der Waals surface area contributed by atoms with Gasteiger partial charge in [-0.05, 0) is 49.7 Å². The molecule has 0 spiro atoms. The first-order valence-electron chi connectivity index (χ1n) is 6.00. The van der Waals surface area contributed by atoms with Crippen LogP contribution in [0.2, 0.25) is 5.15 Å². The summed E-state index contributed by atoms with van der Waals surface area (Å²) >= 11 is 5.74. The van der Waals surface area contributed by atoms with Crippen molar-refractivity contribution >= 4 is 27.3 Å². The van der Waals surface area contributed by atoms with E-state index in [1.165, 1.54) is 24.3 Å². The first-order chi connectivity index (χ1) is 9.83. The van der Waals surface area contributed by atoms with Crippen LogP contribution in [0.25, 0.3) is 0 Å². The van der Waals surface area contributed by atoms with E-state index in [0.717, 1.165) is 0 Å². The molecule has 108 valence electrons. The summed E-state index contributed by atoms with van der Waals surface area (Å²) in [5, 5.41) is 9.11. The molecule has 1 N–H and O–H groups in total. The molecule has 0 saturated carbocycles. The monoisotopic (exact) mass is 321 g/mol. The molecule has 1 aromatic heterocycles. The van der Waals surface area contributed by atoms with Crippen LogP contribution < -0.4 is 4.72 Å². The zero-order valence-corrected chi connectivity index (χ0v) is 13.0. The molecule has 21 heavy (non-hydrogen) atoms. The Balaban J connectivity index is 2.41. The van der Waals surface area contributed by atoms with Gasteiger partial charge in [0, 0.05) is 0 Å². The van der Waals surface area contributed by atoms with Crippen LogP contribution in [0, 0.1) is 25.2 Å². The lowest BCUT2D eigenvalue weighted by Crippen LogP contribution is -2.15. The Labute approximate surface area is 128 Å². The van der Waals surface area contributed by atoms with Crippen molar-refractivity contribution in [1.82, 2.24) is 4.98 Å². The number of hydrogen-bond donors (Lipinski definition) is 1. The van der Waals surface area contributed by atoms with E-state index in [2.05, 4.69) is 9.71 Å². The van der Waals surface area contributed by atoms with Crippen molar-refractivity contribution in [2.45, 2.75) is 18.7 Å². The Kier molecular flexibility index (Phi) is 4.16. The van der Waals surface area contributed by atoms with Crippen LogP contribution in [0.15, 0.2) is 35.2 Å². The van der Waals surface area contributed by atoms with E-state index in [4.69, 9.17) is 16.9 Å². The molecule has 0 aliphatic carbocycles. The highest BCUT2D eigenvalue weighted by atomic mass is 35.5. The van der Waals surface area contributed by atoms with Gasteiger partial charge in [-0.3, -0.25) is 4.72 Å². The molecule has 0 bridgehead atoms. The maximum atomic E-state index is 12.4. The zero-order valence-electron chi connectivity index (χ0n) is 11.4. The van der Waals surface area contributed by atoms with E-state index in [1.807, 2.05) is 6.07 Å². The standard InChI is InChI=1S/C14H12ClN3O2S/c1-9-7-11(8-16)3-5-13(9)21(19,20)18-12-4-6-14(15)17-10(12)2/h3-7,18H,1-2H3. The van der Waals surface area contributed by atoms with E-state index >= 15 is 0 Å². The van der Waals surface area contributed by atoms with Gasteiger partial charge in [-0.1, -0.05) is 11.6 Å². The SMILES string of the molecule is Cc1cc(C#N)ccc1S(=O)(=O)Nc1ccc(Cl)nc1C. The van der Waals surface area contributed by atoms with E-state index in [-0.39, 0.29) is 4.90 Å². The average molecular weight is 322 g/mol. The fourth-order valence-corrected chi connectivity index (χ4v) is 3.39. The third-order valence-electron chi connectivity index (χ3n) is 2.89. The Morgan fingerprint density at radius 1 is 1.24 bits per heavy atom. The summed E-state index contributed by atoms with van der Waals surface area (Å²) in [4.78, 5) is 4.12. The molecular weight excluding hydrogens is 310 g/mol. The molecular formula is C14H12ClN3O2S. The second-order valence-electron chi connectivity index (χ2n) is 4.46. The zero-order chi connectivity index (χ0) is 15.6. The molecule has 1 aromatic carbocycles. The number of nitrogens with one attached hydrogen (secondary N) is 1. The number of anilines is 1. The number of aromatic nitrogens is 1. The summed E-state index contributed by atoms with van der Waals surface area (Å²) in [5.41, 5.74) is 1.76. The lowest BCUT2D eigenvalue weighted by atomic mass is 10.2. The maximum absolute atomic E-state index is 12.4. The van der Waals surface area contributed by atoms with Crippen molar-refractivity contribution in [3.8, 4) is 6.07 Å². The molecule has 0 aliphatic heterocycles. The number of nitriles is 1. The Morgan fingerprint density at radius 2 is 1.95 bits per heavy atom. The molecule has 2 rings (SSSR count). The first kappa shape index (κ1) is 15.3. The van der Waals surface area contributed by atoms with Gasteiger partial charge in [0.05, 0.1) is 27.9 Å². The van der Waals surface area contributed by atoms with Crippen molar-refractivity contribution in [2.24, 2.45) is 0 Å². The highest BCUT2D eigenvalue weighted by molar-refractivity contribution is 7.92. The summed E-state index contributed by atoms with van der Waals surface area (Å²) in [6.45, 7) is 3.30. The third-order valence-corrected chi connectivity index (χ3v) is 4.63. The molecule has 0 fully saturated rings. The van der Waals surface area contributed by atoms with Crippen molar-refractivity contribution < 1.29 is 8.42 Å². The summed E-state index contributed by atoms with van der Waals surface area (Å²) in [7, 11) is -3.75. The van der Waals surface area contributed by atoms with E-state index in [9.17, 15) is 8.42 Å². The van der Waals surface area contributed by atoms with E-state index in [0.29, 0.717) is 27.7 Å². The van der Waals surface area contributed by atoms with Gasteiger partial charge >= 0.3 is 0 Å². The molecule has 7 heteroatoms.